The van der Waals surface area contributed by atoms with Crippen molar-refractivity contribution < 1.29 is 19.1 Å². The van der Waals surface area contributed by atoms with Crippen LogP contribution < -0.4 is 4.74 Å². The topological polar surface area (TPSA) is 52.6 Å². The fourth-order valence-corrected chi connectivity index (χ4v) is 2.33. The van der Waals surface area contributed by atoms with Gasteiger partial charge in [0.05, 0.1) is 32.0 Å². The van der Waals surface area contributed by atoms with E-state index in [0.29, 0.717) is 29.2 Å². The lowest BCUT2D eigenvalue weighted by Crippen LogP contribution is -2.07. The van der Waals surface area contributed by atoms with Gasteiger partial charge in [-0.1, -0.05) is 6.07 Å². The molecule has 0 unspecified atom stereocenters. The van der Waals surface area contributed by atoms with Crippen LogP contribution in [0, 0.1) is 6.92 Å². The second kappa shape index (κ2) is 7.84. The lowest BCUT2D eigenvalue weighted by Gasteiger charge is -2.08. The third-order valence-electron chi connectivity index (χ3n) is 2.57. The van der Waals surface area contributed by atoms with Crippen LogP contribution in [0.15, 0.2) is 18.2 Å². The van der Waals surface area contributed by atoms with Crippen LogP contribution in [0.2, 0.25) is 0 Å². The van der Waals surface area contributed by atoms with Crippen molar-refractivity contribution in [2.45, 2.75) is 13.3 Å². The molecule has 0 saturated carbocycles. The predicted octanol–water partition coefficient (Wildman–Crippen LogP) is 2.48. The highest BCUT2D eigenvalue weighted by Gasteiger charge is 2.12. The third kappa shape index (κ3) is 4.95. The van der Waals surface area contributed by atoms with Gasteiger partial charge in [0.15, 0.2) is 5.78 Å². The predicted molar refractivity (Wildman–Crippen MR) is 76.0 cm³/mol. The number of aryl methyl sites for hydroxylation is 1. The number of Topliss-reactive ketones (excluding diaryl/α,β-unsaturated/α-hetero) is 1. The number of ketones is 1. The summed E-state index contributed by atoms with van der Waals surface area (Å²) in [5.41, 5.74) is 1.63. The Labute approximate surface area is 117 Å². The highest BCUT2D eigenvalue weighted by atomic mass is 32.2. The zero-order chi connectivity index (χ0) is 14.3. The summed E-state index contributed by atoms with van der Waals surface area (Å²) in [6, 6.07) is 5.50. The smallest absolute Gasteiger partial charge is 0.306 e. The third-order valence-corrected chi connectivity index (χ3v) is 3.53. The summed E-state index contributed by atoms with van der Waals surface area (Å²) in [5.74, 6) is 1.25. The molecule has 0 atom stereocenters. The monoisotopic (exact) mass is 282 g/mol. The Hall–Kier alpha value is -1.49. The van der Waals surface area contributed by atoms with E-state index in [2.05, 4.69) is 4.74 Å². The number of hydrogen-bond donors (Lipinski definition) is 0. The minimum absolute atomic E-state index is 0.00622. The van der Waals surface area contributed by atoms with Gasteiger partial charge >= 0.3 is 5.97 Å². The van der Waals surface area contributed by atoms with Gasteiger partial charge < -0.3 is 9.47 Å². The van der Waals surface area contributed by atoms with Gasteiger partial charge in [-0.25, -0.2) is 0 Å². The van der Waals surface area contributed by atoms with Crippen molar-refractivity contribution >= 4 is 23.5 Å². The molecule has 4 nitrogen and oxygen atoms in total. The lowest BCUT2D eigenvalue weighted by atomic mass is 10.1. The molecule has 1 aromatic carbocycles. The van der Waals surface area contributed by atoms with E-state index >= 15 is 0 Å². The van der Waals surface area contributed by atoms with E-state index < -0.39 is 0 Å². The molecule has 1 rings (SSSR count). The number of benzene rings is 1. The van der Waals surface area contributed by atoms with E-state index in [1.807, 2.05) is 19.1 Å². The van der Waals surface area contributed by atoms with E-state index in [1.165, 1.54) is 18.9 Å². The number of ether oxygens (including phenoxy) is 2. The number of carbonyl (C=O) groups is 2. The zero-order valence-electron chi connectivity index (χ0n) is 11.4. The summed E-state index contributed by atoms with van der Waals surface area (Å²) >= 11 is 1.42. The summed E-state index contributed by atoms with van der Waals surface area (Å²) in [6.07, 6.45) is 0.319. The largest absolute Gasteiger partial charge is 0.496 e. The quantitative estimate of drug-likeness (QED) is 0.437. The van der Waals surface area contributed by atoms with E-state index in [9.17, 15) is 9.59 Å². The van der Waals surface area contributed by atoms with E-state index in [4.69, 9.17) is 4.74 Å². The molecule has 104 valence electrons. The Morgan fingerprint density at radius 3 is 2.63 bits per heavy atom. The van der Waals surface area contributed by atoms with Gasteiger partial charge in [0.25, 0.3) is 0 Å². The molecule has 5 heteroatoms. The molecule has 0 saturated heterocycles. The summed E-state index contributed by atoms with van der Waals surface area (Å²) < 4.78 is 9.74. The minimum atomic E-state index is -0.257. The molecule has 0 heterocycles. The van der Waals surface area contributed by atoms with Gasteiger partial charge in [-0.2, -0.15) is 11.8 Å². The molecule has 0 bridgehead atoms. The second-order valence-corrected chi connectivity index (χ2v) is 5.11. The summed E-state index contributed by atoms with van der Waals surface area (Å²) in [5, 5.41) is 0. The van der Waals surface area contributed by atoms with Crippen LogP contribution in [0.25, 0.3) is 0 Å². The summed E-state index contributed by atoms with van der Waals surface area (Å²) in [4.78, 5) is 23.0. The Balaban J connectivity index is 2.52. The van der Waals surface area contributed by atoms with E-state index in [0.717, 1.165) is 5.56 Å². The molecule has 0 aliphatic rings. The number of methoxy groups -OCH3 is 2. The number of thioether (sulfide) groups is 1. The highest BCUT2D eigenvalue weighted by molar-refractivity contribution is 8.00. The first-order valence-electron chi connectivity index (χ1n) is 5.91. The van der Waals surface area contributed by atoms with Crippen molar-refractivity contribution in [2.24, 2.45) is 0 Å². The lowest BCUT2D eigenvalue weighted by molar-refractivity contribution is -0.140. The van der Waals surface area contributed by atoms with Crippen LogP contribution in [-0.2, 0) is 9.53 Å². The number of carbonyl (C=O) groups excluding carboxylic acids is 2. The maximum absolute atomic E-state index is 12.0. The van der Waals surface area contributed by atoms with Crippen LogP contribution in [0.3, 0.4) is 0 Å². The Morgan fingerprint density at radius 2 is 2.00 bits per heavy atom. The van der Waals surface area contributed by atoms with Crippen LogP contribution >= 0.6 is 11.8 Å². The van der Waals surface area contributed by atoms with Crippen LogP contribution in [0.5, 0.6) is 5.75 Å². The van der Waals surface area contributed by atoms with Gasteiger partial charge in [0.1, 0.15) is 5.75 Å². The maximum atomic E-state index is 12.0. The van der Waals surface area contributed by atoms with Crippen molar-refractivity contribution in [3.63, 3.8) is 0 Å². The standard InChI is InChI=1S/C14H18O4S/c1-10-4-5-11(13(8-10)17-2)12(15)9-19-7-6-14(16)18-3/h4-5,8H,6-7,9H2,1-3H3. The maximum Gasteiger partial charge on any atom is 0.306 e. The second-order valence-electron chi connectivity index (χ2n) is 4.01. The molecule has 19 heavy (non-hydrogen) atoms. The normalized spacial score (nSPS) is 10.1. The van der Waals surface area contributed by atoms with Gasteiger partial charge in [-0.05, 0) is 24.6 Å². The molecular formula is C14H18O4S. The average molecular weight is 282 g/mol. The Bertz CT molecular complexity index is 457. The van der Waals surface area contributed by atoms with Crippen molar-refractivity contribution in [1.82, 2.24) is 0 Å². The average Bonchev–Trinajstić information content (AvgIpc) is 2.42. The fourth-order valence-electron chi connectivity index (χ4n) is 1.53. The van der Waals surface area contributed by atoms with Gasteiger partial charge in [-0.15, -0.1) is 0 Å². The molecule has 0 radical (unpaired) electrons. The first-order valence-corrected chi connectivity index (χ1v) is 7.06. The Kier molecular flexibility index (Phi) is 6.42. The first kappa shape index (κ1) is 15.6. The van der Waals surface area contributed by atoms with Gasteiger partial charge in [-0.3, -0.25) is 9.59 Å². The molecule has 0 aliphatic heterocycles. The zero-order valence-corrected chi connectivity index (χ0v) is 12.2. The Morgan fingerprint density at radius 1 is 1.26 bits per heavy atom. The summed E-state index contributed by atoms with van der Waals surface area (Å²) in [7, 11) is 2.91. The number of esters is 1. The van der Waals surface area contributed by atoms with Crippen LogP contribution in [0.1, 0.15) is 22.3 Å². The van der Waals surface area contributed by atoms with Crippen molar-refractivity contribution in [3.05, 3.63) is 29.3 Å². The number of hydrogen-bond acceptors (Lipinski definition) is 5. The van der Waals surface area contributed by atoms with Crippen LogP contribution in [0.4, 0.5) is 0 Å². The van der Waals surface area contributed by atoms with Gasteiger partial charge in [0.2, 0.25) is 0 Å². The van der Waals surface area contributed by atoms with Crippen molar-refractivity contribution in [2.75, 3.05) is 25.7 Å². The van der Waals surface area contributed by atoms with Gasteiger partial charge in [0, 0.05) is 5.75 Å². The fraction of sp³-hybridized carbons (Fsp3) is 0.429. The highest BCUT2D eigenvalue weighted by Crippen LogP contribution is 2.21. The molecule has 0 N–H and O–H groups in total. The molecule has 0 spiro atoms. The SMILES string of the molecule is COC(=O)CCSCC(=O)c1ccc(C)cc1OC. The van der Waals surface area contributed by atoms with Crippen molar-refractivity contribution in [3.8, 4) is 5.75 Å². The van der Waals surface area contributed by atoms with Crippen LogP contribution in [-0.4, -0.2) is 37.5 Å². The van der Waals surface area contributed by atoms with E-state index in [-0.39, 0.29) is 11.8 Å². The molecule has 0 aromatic heterocycles. The number of rotatable bonds is 7. The van der Waals surface area contributed by atoms with Crippen molar-refractivity contribution in [1.29, 1.82) is 0 Å². The molecule has 0 aliphatic carbocycles. The molecule has 1 aromatic rings. The molecule has 0 amide bonds. The molecular weight excluding hydrogens is 264 g/mol. The molecule has 0 fully saturated rings. The minimum Gasteiger partial charge on any atom is -0.496 e. The summed E-state index contributed by atoms with van der Waals surface area (Å²) in [6.45, 7) is 1.95. The first-order chi connectivity index (χ1) is 9.08. The van der Waals surface area contributed by atoms with E-state index in [1.54, 1.807) is 13.2 Å².